The average molecular weight is 297 g/mol. The molecule has 110 valence electrons. The molecule has 0 saturated carbocycles. The standard InChI is InChI=1S/C13H19N3O3S/c1-9-3-2-4-11(14)12(9)20(18,19)16-7-5-10(6-8-16)13(15)17/h2-4,10H,5-8,14H2,1H3,(H2,15,17). The number of nitrogen functional groups attached to an aromatic ring is 1. The Morgan fingerprint density at radius 1 is 1.30 bits per heavy atom. The number of nitrogens with two attached hydrogens (primary N) is 2. The first-order chi connectivity index (χ1) is 9.34. The van der Waals surface area contributed by atoms with Gasteiger partial charge in [-0.25, -0.2) is 8.42 Å². The van der Waals surface area contributed by atoms with Gasteiger partial charge in [-0.1, -0.05) is 12.1 Å². The van der Waals surface area contributed by atoms with Crippen molar-refractivity contribution in [3.8, 4) is 0 Å². The van der Waals surface area contributed by atoms with Crippen LogP contribution in [-0.2, 0) is 14.8 Å². The summed E-state index contributed by atoms with van der Waals surface area (Å²) in [6.45, 7) is 2.31. The Morgan fingerprint density at radius 3 is 2.40 bits per heavy atom. The smallest absolute Gasteiger partial charge is 0.245 e. The number of amides is 1. The molecule has 6 nitrogen and oxygen atoms in total. The highest BCUT2D eigenvalue weighted by molar-refractivity contribution is 7.89. The minimum absolute atomic E-state index is 0.164. The Kier molecular flexibility index (Phi) is 4.01. The van der Waals surface area contributed by atoms with Crippen LogP contribution in [0.25, 0.3) is 0 Å². The van der Waals surface area contributed by atoms with E-state index in [9.17, 15) is 13.2 Å². The van der Waals surface area contributed by atoms with Crippen molar-refractivity contribution in [2.24, 2.45) is 11.7 Å². The van der Waals surface area contributed by atoms with Crippen LogP contribution >= 0.6 is 0 Å². The molecule has 0 unspecified atom stereocenters. The lowest BCUT2D eigenvalue weighted by atomic mass is 9.98. The Morgan fingerprint density at radius 2 is 1.90 bits per heavy atom. The van der Waals surface area contributed by atoms with E-state index in [0.29, 0.717) is 31.5 Å². The summed E-state index contributed by atoms with van der Waals surface area (Å²) < 4.78 is 26.7. The van der Waals surface area contributed by atoms with Crippen LogP contribution in [-0.4, -0.2) is 31.7 Å². The summed E-state index contributed by atoms with van der Waals surface area (Å²) >= 11 is 0. The van der Waals surface area contributed by atoms with Gasteiger partial charge in [-0.3, -0.25) is 4.79 Å². The summed E-state index contributed by atoms with van der Waals surface area (Å²) in [5, 5.41) is 0. The molecule has 1 aromatic rings. The number of hydrogen-bond donors (Lipinski definition) is 2. The Hall–Kier alpha value is -1.60. The number of carbonyl (C=O) groups excluding carboxylic acids is 1. The first kappa shape index (κ1) is 14.8. The summed E-state index contributed by atoms with van der Waals surface area (Å²) in [6.07, 6.45) is 0.917. The van der Waals surface area contributed by atoms with E-state index in [1.165, 1.54) is 4.31 Å². The van der Waals surface area contributed by atoms with Gasteiger partial charge >= 0.3 is 0 Å². The van der Waals surface area contributed by atoms with Gasteiger partial charge < -0.3 is 11.5 Å². The number of benzene rings is 1. The molecule has 0 bridgehead atoms. The summed E-state index contributed by atoms with van der Waals surface area (Å²) in [5.41, 5.74) is 11.9. The zero-order chi connectivity index (χ0) is 14.9. The maximum Gasteiger partial charge on any atom is 0.245 e. The third-order valence-corrected chi connectivity index (χ3v) is 5.82. The molecule has 0 aromatic heterocycles. The molecule has 0 radical (unpaired) electrons. The molecular formula is C13H19N3O3S. The SMILES string of the molecule is Cc1cccc(N)c1S(=O)(=O)N1CCC(C(N)=O)CC1. The maximum absolute atomic E-state index is 12.6. The minimum atomic E-state index is -3.62. The van der Waals surface area contributed by atoms with Crippen molar-refractivity contribution >= 4 is 21.6 Å². The topological polar surface area (TPSA) is 106 Å². The predicted octanol–water partition coefficient (Wildman–Crippen LogP) is 0.463. The van der Waals surface area contributed by atoms with Gasteiger partial charge in [0.05, 0.1) is 5.69 Å². The summed E-state index contributed by atoms with van der Waals surface area (Å²) in [4.78, 5) is 11.3. The molecule has 20 heavy (non-hydrogen) atoms. The zero-order valence-corrected chi connectivity index (χ0v) is 12.2. The van der Waals surface area contributed by atoms with Gasteiger partial charge in [0.15, 0.2) is 0 Å². The van der Waals surface area contributed by atoms with Gasteiger partial charge in [-0.15, -0.1) is 0 Å². The molecule has 4 N–H and O–H groups in total. The van der Waals surface area contributed by atoms with E-state index in [4.69, 9.17) is 11.5 Å². The van der Waals surface area contributed by atoms with Crippen molar-refractivity contribution < 1.29 is 13.2 Å². The summed E-state index contributed by atoms with van der Waals surface area (Å²) in [6, 6.07) is 5.03. The lowest BCUT2D eigenvalue weighted by molar-refractivity contribution is -0.122. The van der Waals surface area contributed by atoms with Gasteiger partial charge in [0.2, 0.25) is 15.9 Å². The second-order valence-electron chi connectivity index (χ2n) is 5.07. The van der Waals surface area contributed by atoms with Crippen LogP contribution in [0.5, 0.6) is 0 Å². The molecule has 0 atom stereocenters. The number of rotatable bonds is 3. The van der Waals surface area contributed by atoms with Crippen LogP contribution in [0.15, 0.2) is 23.1 Å². The van der Waals surface area contributed by atoms with Crippen molar-refractivity contribution in [2.45, 2.75) is 24.7 Å². The van der Waals surface area contributed by atoms with Crippen LogP contribution in [0.3, 0.4) is 0 Å². The number of aryl methyl sites for hydroxylation is 1. The highest BCUT2D eigenvalue weighted by Gasteiger charge is 2.33. The van der Waals surface area contributed by atoms with E-state index in [1.54, 1.807) is 25.1 Å². The van der Waals surface area contributed by atoms with Gasteiger partial charge in [0.1, 0.15) is 4.90 Å². The summed E-state index contributed by atoms with van der Waals surface area (Å²) in [7, 11) is -3.62. The second kappa shape index (κ2) is 5.41. The fourth-order valence-corrected chi connectivity index (χ4v) is 4.33. The van der Waals surface area contributed by atoms with Crippen molar-refractivity contribution in [3.63, 3.8) is 0 Å². The van der Waals surface area contributed by atoms with E-state index in [-0.39, 0.29) is 22.4 Å². The van der Waals surface area contributed by atoms with E-state index in [1.807, 2.05) is 0 Å². The van der Waals surface area contributed by atoms with Crippen LogP contribution < -0.4 is 11.5 Å². The fraction of sp³-hybridized carbons (Fsp3) is 0.462. The minimum Gasteiger partial charge on any atom is -0.398 e. The van der Waals surface area contributed by atoms with Crippen molar-refractivity contribution in [1.82, 2.24) is 4.31 Å². The van der Waals surface area contributed by atoms with Crippen LogP contribution in [0.1, 0.15) is 18.4 Å². The molecular weight excluding hydrogens is 278 g/mol. The van der Waals surface area contributed by atoms with Crippen LogP contribution in [0.2, 0.25) is 0 Å². The molecule has 7 heteroatoms. The van der Waals surface area contributed by atoms with E-state index in [0.717, 1.165) is 0 Å². The van der Waals surface area contributed by atoms with Gasteiger partial charge in [-0.05, 0) is 31.4 Å². The molecule has 1 heterocycles. The number of carbonyl (C=O) groups is 1. The molecule has 1 saturated heterocycles. The number of piperidine rings is 1. The number of primary amides is 1. The predicted molar refractivity (Wildman–Crippen MR) is 76.3 cm³/mol. The first-order valence-electron chi connectivity index (χ1n) is 6.48. The molecule has 2 rings (SSSR count). The molecule has 0 aliphatic carbocycles. The normalized spacial score (nSPS) is 18.1. The fourth-order valence-electron chi connectivity index (χ4n) is 2.54. The van der Waals surface area contributed by atoms with Gasteiger partial charge in [-0.2, -0.15) is 4.31 Å². The third kappa shape index (κ3) is 2.64. The third-order valence-electron chi connectivity index (χ3n) is 3.70. The van der Waals surface area contributed by atoms with Crippen molar-refractivity contribution in [3.05, 3.63) is 23.8 Å². The first-order valence-corrected chi connectivity index (χ1v) is 7.92. The Bertz CT molecular complexity index is 599. The molecule has 1 aliphatic heterocycles. The highest BCUT2D eigenvalue weighted by Crippen LogP contribution is 2.29. The molecule has 0 spiro atoms. The lowest BCUT2D eigenvalue weighted by Gasteiger charge is -2.30. The summed E-state index contributed by atoms with van der Waals surface area (Å²) in [5.74, 6) is -0.604. The van der Waals surface area contributed by atoms with E-state index in [2.05, 4.69) is 0 Å². The maximum atomic E-state index is 12.6. The molecule has 1 fully saturated rings. The lowest BCUT2D eigenvalue weighted by Crippen LogP contribution is -2.42. The van der Waals surface area contributed by atoms with E-state index >= 15 is 0 Å². The molecule has 1 aliphatic rings. The van der Waals surface area contributed by atoms with Gasteiger partial charge in [0, 0.05) is 19.0 Å². The second-order valence-corrected chi connectivity index (χ2v) is 6.95. The highest BCUT2D eigenvalue weighted by atomic mass is 32.2. The number of nitrogens with zero attached hydrogens (tertiary/aromatic N) is 1. The number of hydrogen-bond acceptors (Lipinski definition) is 4. The van der Waals surface area contributed by atoms with Crippen LogP contribution in [0.4, 0.5) is 5.69 Å². The molecule has 1 amide bonds. The zero-order valence-electron chi connectivity index (χ0n) is 11.4. The molecule has 1 aromatic carbocycles. The van der Waals surface area contributed by atoms with Gasteiger partial charge in [0.25, 0.3) is 0 Å². The Balaban J connectivity index is 2.27. The largest absolute Gasteiger partial charge is 0.398 e. The van der Waals surface area contributed by atoms with E-state index < -0.39 is 10.0 Å². The number of anilines is 1. The Labute approximate surface area is 118 Å². The quantitative estimate of drug-likeness (QED) is 0.790. The monoisotopic (exact) mass is 297 g/mol. The van der Waals surface area contributed by atoms with Crippen molar-refractivity contribution in [2.75, 3.05) is 18.8 Å². The average Bonchev–Trinajstić information content (AvgIpc) is 2.38. The number of sulfonamides is 1. The van der Waals surface area contributed by atoms with Crippen molar-refractivity contribution in [1.29, 1.82) is 0 Å². The van der Waals surface area contributed by atoms with Crippen LogP contribution in [0, 0.1) is 12.8 Å².